The Labute approximate surface area is 93.4 Å². The van der Waals surface area contributed by atoms with Crippen LogP contribution < -0.4 is 0 Å². The summed E-state index contributed by atoms with van der Waals surface area (Å²) in [5, 5.41) is 0. The second-order valence-electron chi connectivity index (χ2n) is 3.55. The Balaban J connectivity index is 2.51. The highest BCUT2D eigenvalue weighted by molar-refractivity contribution is 5.87. The van der Waals surface area contributed by atoms with Gasteiger partial charge in [-0.25, -0.2) is 8.78 Å². The molecule has 0 fully saturated rings. The molecular weight excluding hydrogens is 216 g/mol. The van der Waals surface area contributed by atoms with Crippen LogP contribution in [0.25, 0.3) is 0 Å². The van der Waals surface area contributed by atoms with Crippen molar-refractivity contribution >= 4 is 5.91 Å². The lowest BCUT2D eigenvalue weighted by atomic mass is 10.1. The van der Waals surface area contributed by atoms with E-state index in [0.29, 0.717) is 0 Å². The summed E-state index contributed by atoms with van der Waals surface area (Å²) in [6, 6.07) is 0. The number of alkyl halides is 2. The first-order valence-corrected chi connectivity index (χ1v) is 5.13. The number of hydrogen-bond acceptors (Lipinski definition) is 2. The lowest BCUT2D eigenvalue weighted by Crippen LogP contribution is -2.40. The fourth-order valence-electron chi connectivity index (χ4n) is 1.52. The van der Waals surface area contributed by atoms with Crippen LogP contribution in [0.2, 0.25) is 0 Å². The van der Waals surface area contributed by atoms with Crippen LogP contribution in [0, 0.1) is 0 Å². The van der Waals surface area contributed by atoms with Gasteiger partial charge in [0.15, 0.2) is 0 Å². The molecule has 0 bridgehead atoms. The first-order chi connectivity index (χ1) is 7.63. The molecule has 0 saturated heterocycles. The van der Waals surface area contributed by atoms with Crippen molar-refractivity contribution < 1.29 is 18.3 Å². The van der Waals surface area contributed by atoms with Crippen LogP contribution in [0.15, 0.2) is 25.0 Å². The standard InChI is InChI=1S/C11H15F2NO2/c1-2-11(15)14(8-10(12)13)7-9-5-3-4-6-16-9/h2,4,6,9-10H,1,3,5,7-8H2. The summed E-state index contributed by atoms with van der Waals surface area (Å²) in [5.41, 5.74) is 0. The second kappa shape index (κ2) is 6.25. The number of hydrogen-bond donors (Lipinski definition) is 0. The molecule has 5 heteroatoms. The molecule has 0 aromatic rings. The van der Waals surface area contributed by atoms with E-state index in [4.69, 9.17) is 4.74 Å². The molecular formula is C11H15F2NO2. The topological polar surface area (TPSA) is 29.5 Å². The van der Waals surface area contributed by atoms with Crippen LogP contribution in [-0.2, 0) is 9.53 Å². The minimum absolute atomic E-state index is 0.180. The van der Waals surface area contributed by atoms with E-state index < -0.39 is 18.9 Å². The number of rotatable bonds is 5. The number of ether oxygens (including phenoxy) is 1. The molecule has 16 heavy (non-hydrogen) atoms. The molecule has 3 nitrogen and oxygen atoms in total. The van der Waals surface area contributed by atoms with Gasteiger partial charge in [0.2, 0.25) is 5.91 Å². The average molecular weight is 231 g/mol. The third-order valence-electron chi connectivity index (χ3n) is 2.29. The minimum atomic E-state index is -2.54. The van der Waals surface area contributed by atoms with Crippen molar-refractivity contribution in [2.45, 2.75) is 25.4 Å². The van der Waals surface area contributed by atoms with Gasteiger partial charge < -0.3 is 9.64 Å². The van der Waals surface area contributed by atoms with E-state index in [1.165, 1.54) is 0 Å². The number of allylic oxidation sites excluding steroid dienone is 1. The van der Waals surface area contributed by atoms with E-state index in [-0.39, 0.29) is 12.6 Å². The van der Waals surface area contributed by atoms with E-state index in [2.05, 4.69) is 6.58 Å². The highest BCUT2D eigenvalue weighted by atomic mass is 19.3. The van der Waals surface area contributed by atoms with E-state index in [0.717, 1.165) is 23.8 Å². The SMILES string of the molecule is C=CC(=O)N(CC(F)F)CC1CCC=CO1. The zero-order chi connectivity index (χ0) is 12.0. The molecule has 1 amide bonds. The predicted molar refractivity (Wildman–Crippen MR) is 56.0 cm³/mol. The third kappa shape index (κ3) is 4.00. The van der Waals surface area contributed by atoms with Gasteiger partial charge in [-0.1, -0.05) is 6.58 Å². The molecule has 1 atom stereocenters. The van der Waals surface area contributed by atoms with E-state index in [9.17, 15) is 13.6 Å². The monoisotopic (exact) mass is 231 g/mol. The van der Waals surface area contributed by atoms with Crippen molar-refractivity contribution in [1.82, 2.24) is 4.90 Å². The minimum Gasteiger partial charge on any atom is -0.497 e. The number of carbonyl (C=O) groups excluding carboxylic acids is 1. The maximum atomic E-state index is 12.3. The fourth-order valence-corrected chi connectivity index (χ4v) is 1.52. The largest absolute Gasteiger partial charge is 0.497 e. The van der Waals surface area contributed by atoms with Crippen LogP contribution in [0.1, 0.15) is 12.8 Å². The summed E-state index contributed by atoms with van der Waals surface area (Å²) in [7, 11) is 0. The molecule has 0 radical (unpaired) electrons. The Morgan fingerprint density at radius 3 is 2.94 bits per heavy atom. The van der Waals surface area contributed by atoms with Gasteiger partial charge >= 0.3 is 0 Å². The van der Waals surface area contributed by atoms with Gasteiger partial charge in [-0.3, -0.25) is 4.79 Å². The number of carbonyl (C=O) groups is 1. The Morgan fingerprint density at radius 2 is 2.44 bits per heavy atom. The van der Waals surface area contributed by atoms with E-state index >= 15 is 0 Å². The molecule has 1 aliphatic heterocycles. The number of halogens is 2. The highest BCUT2D eigenvalue weighted by Crippen LogP contribution is 2.12. The van der Waals surface area contributed by atoms with Crippen molar-refractivity contribution in [1.29, 1.82) is 0 Å². The van der Waals surface area contributed by atoms with Gasteiger partial charge in [0.05, 0.1) is 19.4 Å². The van der Waals surface area contributed by atoms with Crippen LogP contribution in [0.3, 0.4) is 0 Å². The van der Waals surface area contributed by atoms with Crippen molar-refractivity contribution in [2.75, 3.05) is 13.1 Å². The zero-order valence-electron chi connectivity index (χ0n) is 8.94. The molecule has 1 rings (SSSR count). The highest BCUT2D eigenvalue weighted by Gasteiger charge is 2.21. The van der Waals surface area contributed by atoms with Gasteiger partial charge in [-0.05, 0) is 25.0 Å². The zero-order valence-corrected chi connectivity index (χ0v) is 8.94. The van der Waals surface area contributed by atoms with Crippen LogP contribution in [-0.4, -0.2) is 36.4 Å². The molecule has 0 aliphatic carbocycles. The Bertz CT molecular complexity index is 279. The van der Waals surface area contributed by atoms with Gasteiger partial charge in [0.1, 0.15) is 6.10 Å². The Hall–Kier alpha value is -1.39. The molecule has 1 heterocycles. The predicted octanol–water partition coefficient (Wildman–Crippen LogP) is 1.96. The lowest BCUT2D eigenvalue weighted by molar-refractivity contribution is -0.129. The van der Waals surface area contributed by atoms with Gasteiger partial charge in [0.25, 0.3) is 6.43 Å². The summed E-state index contributed by atoms with van der Waals surface area (Å²) < 4.78 is 29.7. The Kier molecular flexibility index (Phi) is 4.95. The molecule has 1 unspecified atom stereocenters. The second-order valence-corrected chi connectivity index (χ2v) is 3.55. The normalized spacial score (nSPS) is 19.3. The fraction of sp³-hybridized carbons (Fsp3) is 0.545. The molecule has 0 aromatic heterocycles. The molecule has 90 valence electrons. The summed E-state index contributed by atoms with van der Waals surface area (Å²) in [4.78, 5) is 12.4. The molecule has 0 N–H and O–H groups in total. The van der Waals surface area contributed by atoms with Crippen LogP contribution in [0.5, 0.6) is 0 Å². The molecule has 1 aliphatic rings. The van der Waals surface area contributed by atoms with Crippen molar-refractivity contribution in [3.63, 3.8) is 0 Å². The smallest absolute Gasteiger partial charge is 0.255 e. The third-order valence-corrected chi connectivity index (χ3v) is 2.29. The summed E-state index contributed by atoms with van der Waals surface area (Å²) >= 11 is 0. The molecule has 0 aromatic carbocycles. The van der Waals surface area contributed by atoms with E-state index in [1.54, 1.807) is 6.26 Å². The Morgan fingerprint density at radius 1 is 1.69 bits per heavy atom. The summed E-state index contributed by atoms with van der Waals surface area (Å²) in [5.74, 6) is -0.488. The van der Waals surface area contributed by atoms with E-state index in [1.807, 2.05) is 6.08 Å². The number of nitrogens with zero attached hydrogens (tertiary/aromatic N) is 1. The molecule has 0 spiro atoms. The first kappa shape index (κ1) is 12.7. The average Bonchev–Trinajstić information content (AvgIpc) is 2.28. The van der Waals surface area contributed by atoms with Crippen molar-refractivity contribution in [2.24, 2.45) is 0 Å². The van der Waals surface area contributed by atoms with Crippen molar-refractivity contribution in [3.8, 4) is 0 Å². The van der Waals surface area contributed by atoms with Gasteiger partial charge in [-0.15, -0.1) is 0 Å². The van der Waals surface area contributed by atoms with Gasteiger partial charge in [-0.2, -0.15) is 0 Å². The van der Waals surface area contributed by atoms with Crippen molar-refractivity contribution in [3.05, 3.63) is 25.0 Å². The van der Waals surface area contributed by atoms with Crippen LogP contribution >= 0.6 is 0 Å². The summed E-state index contributed by atoms with van der Waals surface area (Å²) in [6.07, 6.45) is 3.30. The maximum absolute atomic E-state index is 12.3. The lowest BCUT2D eigenvalue weighted by Gasteiger charge is -2.27. The molecule has 0 saturated carbocycles. The maximum Gasteiger partial charge on any atom is 0.255 e. The summed E-state index contributed by atoms with van der Waals surface area (Å²) in [6.45, 7) is 2.90. The van der Waals surface area contributed by atoms with Gasteiger partial charge in [0, 0.05) is 0 Å². The quantitative estimate of drug-likeness (QED) is 0.677. The first-order valence-electron chi connectivity index (χ1n) is 5.13. The van der Waals surface area contributed by atoms with Crippen LogP contribution in [0.4, 0.5) is 8.78 Å². The number of amides is 1.